The van der Waals surface area contributed by atoms with Gasteiger partial charge in [0.1, 0.15) is 16.6 Å². The van der Waals surface area contributed by atoms with Gasteiger partial charge in [0.15, 0.2) is 0 Å². The number of carbonyl (C=O) groups excluding carboxylic acids is 2. The molecular formula is C26H26N4O3S. The van der Waals surface area contributed by atoms with Crippen LogP contribution in [0.25, 0.3) is 17.3 Å². The zero-order chi connectivity index (χ0) is 23.9. The van der Waals surface area contributed by atoms with E-state index in [-0.39, 0.29) is 5.57 Å². The van der Waals surface area contributed by atoms with Crippen LogP contribution in [0, 0.1) is 11.3 Å². The largest absolute Gasteiger partial charge is 0.462 e. The minimum atomic E-state index is -0.566. The van der Waals surface area contributed by atoms with Crippen LogP contribution >= 0.6 is 11.3 Å². The molecule has 1 aromatic carbocycles. The smallest absolute Gasteiger partial charge is 0.341 e. The summed E-state index contributed by atoms with van der Waals surface area (Å²) in [6.07, 6.45) is 8.51. The number of H-pyrrole nitrogens is 1. The molecule has 3 aromatic rings. The summed E-state index contributed by atoms with van der Waals surface area (Å²) in [6, 6.07) is 11.5. The molecule has 174 valence electrons. The second-order valence-electron chi connectivity index (χ2n) is 8.09. The van der Waals surface area contributed by atoms with Crippen molar-refractivity contribution in [3.05, 3.63) is 63.7 Å². The second-order valence-corrected chi connectivity index (χ2v) is 9.20. The van der Waals surface area contributed by atoms with Crippen LogP contribution in [0.15, 0.2) is 42.1 Å². The molecule has 0 unspecified atom stereocenters. The molecule has 1 aliphatic rings. The summed E-state index contributed by atoms with van der Waals surface area (Å²) >= 11 is 1.41. The Morgan fingerprint density at radius 2 is 2.06 bits per heavy atom. The molecule has 0 saturated heterocycles. The van der Waals surface area contributed by atoms with Gasteiger partial charge < -0.3 is 10.1 Å². The Bertz CT molecular complexity index is 1250. The number of fused-ring (bicyclic) bond motifs is 1. The number of nitriles is 1. The number of hydrogen-bond acceptors (Lipinski definition) is 6. The van der Waals surface area contributed by atoms with Crippen molar-refractivity contribution < 1.29 is 14.3 Å². The molecule has 4 rings (SSSR count). The van der Waals surface area contributed by atoms with E-state index < -0.39 is 11.9 Å². The van der Waals surface area contributed by atoms with Crippen molar-refractivity contribution in [2.45, 2.75) is 45.4 Å². The van der Waals surface area contributed by atoms with Gasteiger partial charge in [0.2, 0.25) is 0 Å². The van der Waals surface area contributed by atoms with E-state index in [2.05, 4.69) is 15.5 Å². The van der Waals surface area contributed by atoms with Crippen molar-refractivity contribution >= 4 is 34.3 Å². The fourth-order valence-electron chi connectivity index (χ4n) is 3.97. The molecular weight excluding hydrogens is 448 g/mol. The number of nitrogens with zero attached hydrogens (tertiary/aromatic N) is 2. The lowest BCUT2D eigenvalue weighted by atomic mass is 9.95. The van der Waals surface area contributed by atoms with Gasteiger partial charge in [0.25, 0.3) is 5.91 Å². The number of unbranched alkanes of at least 4 members (excludes halogenated alkanes) is 1. The number of thiophene rings is 1. The average Bonchev–Trinajstić information content (AvgIpc) is 3.47. The lowest BCUT2D eigenvalue weighted by Crippen LogP contribution is -2.17. The van der Waals surface area contributed by atoms with E-state index in [4.69, 9.17) is 4.74 Å². The highest BCUT2D eigenvalue weighted by atomic mass is 32.1. The number of hydrogen-bond donors (Lipinski definition) is 2. The summed E-state index contributed by atoms with van der Waals surface area (Å²) in [5.41, 5.74) is 3.57. The van der Waals surface area contributed by atoms with Crippen molar-refractivity contribution in [1.29, 1.82) is 5.26 Å². The first kappa shape index (κ1) is 23.5. The fraction of sp³-hybridized carbons (Fsp3) is 0.308. The van der Waals surface area contributed by atoms with Gasteiger partial charge in [0.05, 0.1) is 24.1 Å². The van der Waals surface area contributed by atoms with Crippen molar-refractivity contribution in [3.8, 4) is 17.3 Å². The first-order valence-corrected chi connectivity index (χ1v) is 12.3. The maximum atomic E-state index is 13.1. The number of anilines is 1. The van der Waals surface area contributed by atoms with Gasteiger partial charge in [0, 0.05) is 16.0 Å². The number of aryl methyl sites for hydroxylation is 1. The molecule has 0 saturated carbocycles. The van der Waals surface area contributed by atoms with Crippen molar-refractivity contribution in [3.63, 3.8) is 0 Å². The van der Waals surface area contributed by atoms with Gasteiger partial charge in [-0.15, -0.1) is 11.3 Å². The van der Waals surface area contributed by atoms with Crippen LogP contribution in [0.3, 0.4) is 0 Å². The van der Waals surface area contributed by atoms with E-state index >= 15 is 0 Å². The molecule has 1 aliphatic carbocycles. The molecule has 0 fully saturated rings. The highest BCUT2D eigenvalue weighted by molar-refractivity contribution is 7.17. The molecule has 2 heterocycles. The Morgan fingerprint density at radius 3 is 2.82 bits per heavy atom. The summed E-state index contributed by atoms with van der Waals surface area (Å²) in [4.78, 5) is 27.1. The van der Waals surface area contributed by atoms with Crippen molar-refractivity contribution in [2.75, 3.05) is 11.9 Å². The van der Waals surface area contributed by atoms with E-state index in [1.807, 2.05) is 43.3 Å². The zero-order valence-corrected chi connectivity index (χ0v) is 19.8. The number of carbonyl (C=O) groups is 2. The molecule has 0 spiro atoms. The summed E-state index contributed by atoms with van der Waals surface area (Å²) in [7, 11) is 0. The molecule has 0 atom stereocenters. The number of nitrogens with one attached hydrogen (secondary N) is 2. The maximum absolute atomic E-state index is 13.1. The maximum Gasteiger partial charge on any atom is 0.341 e. The number of ether oxygens (including phenoxy) is 1. The average molecular weight is 475 g/mol. The summed E-state index contributed by atoms with van der Waals surface area (Å²) < 4.78 is 5.48. The summed E-state index contributed by atoms with van der Waals surface area (Å²) in [5, 5.41) is 20.0. The Kier molecular flexibility index (Phi) is 7.55. The number of esters is 1. The van der Waals surface area contributed by atoms with Crippen molar-refractivity contribution in [2.24, 2.45) is 0 Å². The lowest BCUT2D eigenvalue weighted by molar-refractivity contribution is -0.112. The van der Waals surface area contributed by atoms with Gasteiger partial charge >= 0.3 is 5.97 Å². The van der Waals surface area contributed by atoms with Gasteiger partial charge in [-0.1, -0.05) is 43.7 Å². The van der Waals surface area contributed by atoms with Crippen LogP contribution in [-0.2, 0) is 22.4 Å². The van der Waals surface area contributed by atoms with E-state index in [0.717, 1.165) is 54.5 Å². The summed E-state index contributed by atoms with van der Waals surface area (Å²) in [5.74, 6) is -0.976. The first-order chi connectivity index (χ1) is 16.6. The normalized spacial score (nSPS) is 13.1. The van der Waals surface area contributed by atoms with Gasteiger partial charge in [-0.2, -0.15) is 10.4 Å². The monoisotopic (exact) mass is 474 g/mol. The second kappa shape index (κ2) is 10.9. The quantitative estimate of drug-likeness (QED) is 0.193. The Balaban J connectivity index is 1.61. The third kappa shape index (κ3) is 5.10. The highest BCUT2D eigenvalue weighted by Gasteiger charge is 2.28. The number of benzene rings is 1. The fourth-order valence-corrected chi connectivity index (χ4v) is 5.24. The molecule has 8 heteroatoms. The topological polar surface area (TPSA) is 108 Å². The number of amides is 1. The van der Waals surface area contributed by atoms with Gasteiger partial charge in [-0.3, -0.25) is 9.89 Å². The SMILES string of the molecule is CCCCOC(=O)c1c(NC(=O)C(C#N)=Cc2cn[nH]c2-c2ccccc2)sc2c1CCCC2. The third-order valence-electron chi connectivity index (χ3n) is 5.73. The minimum Gasteiger partial charge on any atom is -0.462 e. The van der Waals surface area contributed by atoms with Gasteiger partial charge in [-0.05, 0) is 43.7 Å². The Morgan fingerprint density at radius 1 is 1.26 bits per heavy atom. The Hall–Kier alpha value is -3.70. The van der Waals surface area contributed by atoms with Crippen LogP contribution in [0.4, 0.5) is 5.00 Å². The minimum absolute atomic E-state index is 0.0738. The Labute approximate surface area is 202 Å². The van der Waals surface area contributed by atoms with E-state index in [1.165, 1.54) is 17.4 Å². The zero-order valence-electron chi connectivity index (χ0n) is 19.0. The van der Waals surface area contributed by atoms with Crippen LogP contribution in [0.1, 0.15) is 59.0 Å². The molecule has 0 radical (unpaired) electrons. The molecule has 2 N–H and O–H groups in total. The number of aromatic nitrogens is 2. The summed E-state index contributed by atoms with van der Waals surface area (Å²) in [6.45, 7) is 2.38. The predicted molar refractivity (Wildman–Crippen MR) is 132 cm³/mol. The molecule has 0 bridgehead atoms. The molecule has 34 heavy (non-hydrogen) atoms. The van der Waals surface area contributed by atoms with Crippen molar-refractivity contribution in [1.82, 2.24) is 10.2 Å². The first-order valence-electron chi connectivity index (χ1n) is 11.5. The van der Waals surface area contributed by atoms with Gasteiger partial charge in [-0.25, -0.2) is 4.79 Å². The van der Waals surface area contributed by atoms with E-state index in [9.17, 15) is 14.9 Å². The lowest BCUT2D eigenvalue weighted by Gasteiger charge is -2.12. The highest BCUT2D eigenvalue weighted by Crippen LogP contribution is 2.39. The molecule has 7 nitrogen and oxygen atoms in total. The molecule has 0 aliphatic heterocycles. The van der Waals surface area contributed by atoms with Crippen LogP contribution in [-0.4, -0.2) is 28.7 Å². The molecule has 2 aromatic heterocycles. The van der Waals surface area contributed by atoms with E-state index in [0.29, 0.717) is 28.4 Å². The van der Waals surface area contributed by atoms with Crippen LogP contribution < -0.4 is 5.32 Å². The van der Waals surface area contributed by atoms with Crippen LogP contribution in [0.2, 0.25) is 0 Å². The number of aromatic amines is 1. The third-order valence-corrected chi connectivity index (χ3v) is 6.94. The predicted octanol–water partition coefficient (Wildman–Crippen LogP) is 5.52. The number of rotatable bonds is 8. The molecule has 1 amide bonds. The standard InChI is InChI=1S/C26H26N4O3S/c1-2-3-13-33-26(32)22-20-11-7-8-12-21(20)34-25(22)29-24(31)18(15-27)14-19-16-28-30-23(19)17-9-5-4-6-10-17/h4-6,9-10,14,16H,2-3,7-8,11-13H2,1H3,(H,28,30)(H,29,31). The van der Waals surface area contributed by atoms with Crippen LogP contribution in [0.5, 0.6) is 0 Å². The van der Waals surface area contributed by atoms with E-state index in [1.54, 1.807) is 6.20 Å².